The van der Waals surface area contributed by atoms with E-state index in [1.807, 2.05) is 0 Å². The number of nitrogens with zero attached hydrogens (tertiary/aromatic N) is 2. The molecule has 0 amide bonds. The molecule has 23 heavy (non-hydrogen) atoms. The molecule has 3 aromatic rings. The number of fused-ring (bicyclic) bond motifs is 1. The van der Waals surface area contributed by atoms with Crippen LogP contribution in [-0.2, 0) is 12.7 Å². The van der Waals surface area contributed by atoms with Gasteiger partial charge in [0.15, 0.2) is 0 Å². The predicted molar refractivity (Wildman–Crippen MR) is 76.2 cm³/mol. The van der Waals surface area contributed by atoms with Crippen LogP contribution >= 0.6 is 0 Å². The van der Waals surface area contributed by atoms with Gasteiger partial charge in [-0.15, -0.1) is 0 Å². The summed E-state index contributed by atoms with van der Waals surface area (Å²) < 4.78 is 65.4. The highest BCUT2D eigenvalue weighted by molar-refractivity contribution is 5.92. The maximum Gasteiger partial charge on any atom is 0.449 e. The lowest BCUT2D eigenvalue weighted by molar-refractivity contribution is -0.147. The molecule has 0 fully saturated rings. The van der Waals surface area contributed by atoms with Crippen molar-refractivity contribution in [1.82, 2.24) is 9.55 Å². The first kappa shape index (κ1) is 15.5. The maximum absolute atomic E-state index is 13.1. The van der Waals surface area contributed by atoms with E-state index in [4.69, 9.17) is 0 Å². The van der Waals surface area contributed by atoms with E-state index in [2.05, 4.69) is 4.98 Å². The molecule has 0 atom stereocenters. The molecule has 3 rings (SSSR count). The number of imidazole rings is 1. The molecule has 2 nitrogen and oxygen atoms in total. The van der Waals surface area contributed by atoms with Crippen molar-refractivity contribution in [3.8, 4) is 11.1 Å². The quantitative estimate of drug-likeness (QED) is 0.620. The first-order chi connectivity index (χ1) is 10.9. The van der Waals surface area contributed by atoms with Gasteiger partial charge in [-0.2, -0.15) is 13.2 Å². The Kier molecular flexibility index (Phi) is 3.79. The van der Waals surface area contributed by atoms with Gasteiger partial charge in [-0.05, 0) is 11.6 Å². The minimum Gasteiger partial charge on any atom is -0.315 e. The van der Waals surface area contributed by atoms with E-state index in [0.29, 0.717) is 15.7 Å². The molecule has 1 aromatic heterocycles. The number of benzene rings is 2. The van der Waals surface area contributed by atoms with Crippen molar-refractivity contribution in [3.05, 3.63) is 54.4 Å². The Morgan fingerprint density at radius 1 is 0.957 bits per heavy atom. The van der Waals surface area contributed by atoms with Crippen molar-refractivity contribution >= 4 is 11.0 Å². The van der Waals surface area contributed by atoms with Crippen LogP contribution in [0.4, 0.5) is 22.0 Å². The molecule has 0 saturated heterocycles. The van der Waals surface area contributed by atoms with Crippen LogP contribution in [0.1, 0.15) is 5.82 Å². The zero-order chi connectivity index (χ0) is 16.6. The van der Waals surface area contributed by atoms with Crippen LogP contribution in [0.15, 0.2) is 48.5 Å². The molecule has 120 valence electrons. The van der Waals surface area contributed by atoms with E-state index >= 15 is 0 Å². The second-order valence-electron chi connectivity index (χ2n) is 4.97. The van der Waals surface area contributed by atoms with Gasteiger partial charge < -0.3 is 4.57 Å². The molecule has 0 radical (unpaired) electrons. The Balaban J connectivity index is 2.29. The summed E-state index contributed by atoms with van der Waals surface area (Å²) in [5, 5.41) is 0. The monoisotopic (exact) mass is 326 g/mol. The molecule has 2 aromatic carbocycles. The van der Waals surface area contributed by atoms with Crippen LogP contribution in [0.2, 0.25) is 0 Å². The largest absolute Gasteiger partial charge is 0.449 e. The maximum atomic E-state index is 13.1. The van der Waals surface area contributed by atoms with Crippen LogP contribution in [0, 0.1) is 0 Å². The topological polar surface area (TPSA) is 17.8 Å². The number of halogens is 5. The average molecular weight is 326 g/mol. The molecule has 0 unspecified atom stereocenters. The molecular formula is C16H11F5N2. The molecule has 0 aliphatic carbocycles. The SMILES string of the molecule is FC(F)Cn1c(C(F)(F)F)nc2c(-c3ccccc3)cccc21. The highest BCUT2D eigenvalue weighted by Gasteiger charge is 2.38. The van der Waals surface area contributed by atoms with Crippen molar-refractivity contribution in [2.45, 2.75) is 19.1 Å². The highest BCUT2D eigenvalue weighted by Crippen LogP contribution is 2.35. The summed E-state index contributed by atoms with van der Waals surface area (Å²) in [6.07, 6.45) is -7.71. The first-order valence-corrected chi connectivity index (χ1v) is 6.78. The van der Waals surface area contributed by atoms with Gasteiger partial charge in [-0.1, -0.05) is 42.5 Å². The normalized spacial score (nSPS) is 12.3. The molecular weight excluding hydrogens is 315 g/mol. The van der Waals surface area contributed by atoms with Gasteiger partial charge in [0.25, 0.3) is 6.43 Å². The van der Waals surface area contributed by atoms with E-state index in [1.54, 1.807) is 36.4 Å². The Morgan fingerprint density at radius 3 is 2.26 bits per heavy atom. The number of alkyl halides is 5. The summed E-state index contributed by atoms with van der Waals surface area (Å²) in [4.78, 5) is 3.62. The van der Waals surface area contributed by atoms with E-state index in [9.17, 15) is 22.0 Å². The summed E-state index contributed by atoms with van der Waals surface area (Å²) in [6, 6.07) is 13.3. The van der Waals surface area contributed by atoms with Crippen LogP contribution < -0.4 is 0 Å². The summed E-state index contributed by atoms with van der Waals surface area (Å²) in [7, 11) is 0. The van der Waals surface area contributed by atoms with Crippen molar-refractivity contribution in [2.75, 3.05) is 0 Å². The molecule has 0 aliphatic rings. The zero-order valence-corrected chi connectivity index (χ0v) is 11.7. The minimum atomic E-state index is -4.80. The van der Waals surface area contributed by atoms with Crippen LogP contribution in [0.25, 0.3) is 22.2 Å². The first-order valence-electron chi connectivity index (χ1n) is 6.78. The predicted octanol–water partition coefficient (Wildman–Crippen LogP) is 4.99. The lowest BCUT2D eigenvalue weighted by Gasteiger charge is -2.10. The molecule has 0 spiro atoms. The summed E-state index contributed by atoms with van der Waals surface area (Å²) >= 11 is 0. The fourth-order valence-corrected chi connectivity index (χ4v) is 2.54. The Morgan fingerprint density at radius 2 is 1.65 bits per heavy atom. The van der Waals surface area contributed by atoms with Gasteiger partial charge in [0.05, 0.1) is 17.6 Å². The summed E-state index contributed by atoms with van der Waals surface area (Å²) in [6.45, 7) is -1.05. The van der Waals surface area contributed by atoms with Crippen molar-refractivity contribution in [2.24, 2.45) is 0 Å². The zero-order valence-electron chi connectivity index (χ0n) is 11.7. The number of hydrogen-bond acceptors (Lipinski definition) is 1. The van der Waals surface area contributed by atoms with Gasteiger partial charge in [-0.3, -0.25) is 0 Å². The van der Waals surface area contributed by atoms with Crippen molar-refractivity contribution in [1.29, 1.82) is 0 Å². The molecule has 0 saturated carbocycles. The molecule has 0 aliphatic heterocycles. The second kappa shape index (κ2) is 5.64. The Bertz CT molecular complexity index is 822. The molecule has 0 bridgehead atoms. The van der Waals surface area contributed by atoms with E-state index in [1.165, 1.54) is 12.1 Å². The average Bonchev–Trinajstić information content (AvgIpc) is 2.86. The summed E-state index contributed by atoms with van der Waals surface area (Å²) in [5.74, 6) is -1.31. The third kappa shape index (κ3) is 2.91. The lowest BCUT2D eigenvalue weighted by Crippen LogP contribution is -2.17. The van der Waals surface area contributed by atoms with Gasteiger partial charge >= 0.3 is 6.18 Å². The van der Waals surface area contributed by atoms with Crippen LogP contribution in [-0.4, -0.2) is 16.0 Å². The smallest absolute Gasteiger partial charge is 0.315 e. The molecule has 0 N–H and O–H groups in total. The standard InChI is InChI=1S/C16H11F5N2/c17-13(18)9-23-12-8-4-7-11(10-5-2-1-3-6-10)14(12)22-15(23)16(19,20)21/h1-8,13H,9H2. The van der Waals surface area contributed by atoms with Crippen LogP contribution in [0.3, 0.4) is 0 Å². The lowest BCUT2D eigenvalue weighted by atomic mass is 10.0. The van der Waals surface area contributed by atoms with Gasteiger partial charge in [0.2, 0.25) is 5.82 Å². The van der Waals surface area contributed by atoms with E-state index in [0.717, 1.165) is 0 Å². The third-order valence-corrected chi connectivity index (χ3v) is 3.44. The van der Waals surface area contributed by atoms with Gasteiger partial charge in [-0.25, -0.2) is 13.8 Å². The minimum absolute atomic E-state index is 0.0407. The highest BCUT2D eigenvalue weighted by atomic mass is 19.4. The van der Waals surface area contributed by atoms with Gasteiger partial charge in [0, 0.05) is 5.56 Å². The number of rotatable bonds is 3. The molecule has 1 heterocycles. The van der Waals surface area contributed by atoms with E-state index < -0.39 is 25.0 Å². The third-order valence-electron chi connectivity index (χ3n) is 3.44. The Hall–Kier alpha value is -2.44. The van der Waals surface area contributed by atoms with Crippen molar-refractivity contribution in [3.63, 3.8) is 0 Å². The number of aromatic nitrogens is 2. The number of hydrogen-bond donors (Lipinski definition) is 0. The second-order valence-corrected chi connectivity index (χ2v) is 4.97. The van der Waals surface area contributed by atoms with Gasteiger partial charge in [0.1, 0.15) is 0 Å². The summed E-state index contributed by atoms with van der Waals surface area (Å²) in [5.41, 5.74) is 1.25. The van der Waals surface area contributed by atoms with Crippen LogP contribution in [0.5, 0.6) is 0 Å². The fraction of sp³-hybridized carbons (Fsp3) is 0.188. The van der Waals surface area contributed by atoms with E-state index in [-0.39, 0.29) is 11.0 Å². The van der Waals surface area contributed by atoms with Crippen molar-refractivity contribution < 1.29 is 22.0 Å². The molecule has 7 heteroatoms. The fourth-order valence-electron chi connectivity index (χ4n) is 2.54. The Labute approximate surface area is 128 Å². The number of para-hydroxylation sites is 1.